The summed E-state index contributed by atoms with van der Waals surface area (Å²) in [5, 5.41) is 6.98. The van der Waals surface area contributed by atoms with Crippen LogP contribution in [0, 0.1) is 0 Å². The first-order chi connectivity index (χ1) is 12.8. The molecule has 4 rings (SSSR count). The second-order valence-electron chi connectivity index (χ2n) is 7.14. The molecular weight excluding hydrogens is 451 g/mol. The molecule has 27 heavy (non-hydrogen) atoms. The second kappa shape index (κ2) is 9.43. The van der Waals surface area contributed by atoms with Crippen molar-refractivity contribution in [2.45, 2.75) is 44.8 Å². The predicted octanol–water partition coefficient (Wildman–Crippen LogP) is 2.78. The van der Waals surface area contributed by atoms with Gasteiger partial charge in [0.1, 0.15) is 5.82 Å². The lowest BCUT2D eigenvalue weighted by Gasteiger charge is -2.20. The minimum atomic E-state index is 0. The van der Waals surface area contributed by atoms with E-state index in [4.69, 9.17) is 4.98 Å². The van der Waals surface area contributed by atoms with Crippen LogP contribution in [0.3, 0.4) is 0 Å². The van der Waals surface area contributed by atoms with E-state index >= 15 is 0 Å². The van der Waals surface area contributed by atoms with Crippen molar-refractivity contribution in [2.75, 3.05) is 25.0 Å². The minimum Gasteiger partial charge on any atom is -0.369 e. The molecule has 1 aromatic carbocycles. The Labute approximate surface area is 178 Å². The number of hydrogen-bond acceptors (Lipinski definition) is 3. The van der Waals surface area contributed by atoms with Crippen molar-refractivity contribution in [3.8, 4) is 0 Å². The zero-order valence-corrected chi connectivity index (χ0v) is 18.2. The predicted molar refractivity (Wildman–Crippen MR) is 121 cm³/mol. The van der Waals surface area contributed by atoms with Gasteiger partial charge in [-0.05, 0) is 31.4 Å². The largest absolute Gasteiger partial charge is 0.369 e. The van der Waals surface area contributed by atoms with E-state index in [1.165, 1.54) is 24.4 Å². The first-order valence-electron chi connectivity index (χ1n) is 9.64. The highest BCUT2D eigenvalue weighted by Gasteiger charge is 2.23. The molecule has 146 valence electrons. The summed E-state index contributed by atoms with van der Waals surface area (Å²) in [5.74, 6) is 2.08. The van der Waals surface area contributed by atoms with Crippen LogP contribution in [0.5, 0.6) is 0 Å². The van der Waals surface area contributed by atoms with Crippen molar-refractivity contribution in [3.63, 3.8) is 0 Å². The van der Waals surface area contributed by atoms with Gasteiger partial charge in [-0.3, -0.25) is 4.99 Å². The number of aliphatic imine (C=N–C) groups is 1. The number of anilines is 1. The number of benzene rings is 1. The molecular formula is C20H29IN6. The maximum atomic E-state index is 4.75. The molecule has 0 bridgehead atoms. The molecule has 1 saturated heterocycles. The van der Waals surface area contributed by atoms with Gasteiger partial charge in [-0.1, -0.05) is 18.2 Å². The van der Waals surface area contributed by atoms with Crippen LogP contribution in [-0.4, -0.2) is 41.7 Å². The van der Waals surface area contributed by atoms with Crippen molar-refractivity contribution in [2.24, 2.45) is 4.99 Å². The quantitative estimate of drug-likeness (QED) is 0.402. The number of imidazole rings is 1. The highest BCUT2D eigenvalue weighted by atomic mass is 127. The molecule has 3 heterocycles. The topological polar surface area (TPSA) is 57.5 Å². The summed E-state index contributed by atoms with van der Waals surface area (Å²) in [6, 6.07) is 11.0. The molecule has 0 saturated carbocycles. The van der Waals surface area contributed by atoms with E-state index in [2.05, 4.69) is 61.6 Å². The van der Waals surface area contributed by atoms with E-state index in [1.807, 2.05) is 7.05 Å². The van der Waals surface area contributed by atoms with Crippen LogP contribution in [-0.2, 0) is 19.5 Å². The van der Waals surface area contributed by atoms with Crippen LogP contribution in [0.15, 0.2) is 41.5 Å². The lowest BCUT2D eigenvalue weighted by Crippen LogP contribution is -2.44. The monoisotopic (exact) mass is 480 g/mol. The Bertz CT molecular complexity index is 734. The zero-order valence-electron chi connectivity index (χ0n) is 15.9. The van der Waals surface area contributed by atoms with E-state index in [1.54, 1.807) is 0 Å². The number of nitrogens with one attached hydrogen (secondary N) is 2. The van der Waals surface area contributed by atoms with E-state index in [0.717, 1.165) is 50.7 Å². The Morgan fingerprint density at radius 3 is 2.85 bits per heavy atom. The van der Waals surface area contributed by atoms with Crippen molar-refractivity contribution < 1.29 is 0 Å². The lowest BCUT2D eigenvalue weighted by molar-refractivity contribution is 0.522. The molecule has 2 aromatic rings. The molecule has 0 amide bonds. The summed E-state index contributed by atoms with van der Waals surface area (Å²) in [5.41, 5.74) is 2.39. The molecule has 7 heteroatoms. The summed E-state index contributed by atoms with van der Waals surface area (Å²) < 4.78 is 2.30. The number of para-hydroxylation sites is 1. The summed E-state index contributed by atoms with van der Waals surface area (Å²) in [4.78, 5) is 11.6. The fourth-order valence-electron chi connectivity index (χ4n) is 3.87. The fraction of sp³-hybridized carbons (Fsp3) is 0.500. The molecule has 1 atom stereocenters. The Morgan fingerprint density at radius 2 is 2.07 bits per heavy atom. The first-order valence-corrected chi connectivity index (χ1v) is 9.64. The first kappa shape index (κ1) is 20.0. The van der Waals surface area contributed by atoms with Crippen LogP contribution in [0.4, 0.5) is 5.69 Å². The van der Waals surface area contributed by atoms with Gasteiger partial charge in [0.05, 0.1) is 12.2 Å². The number of rotatable bonds is 4. The second-order valence-corrected chi connectivity index (χ2v) is 7.14. The standard InChI is InChI=1S/C20H28N6.HI/c1-21-20(22-13-17-15-26-11-6-5-9-19(26)23-17)24-16-10-12-25(14-16)18-7-3-2-4-8-18;/h2-4,7-8,15-16H,5-6,9-14H2,1H3,(H2,21,22,24);1H. The number of aromatic nitrogens is 2. The van der Waals surface area contributed by atoms with Gasteiger partial charge in [-0.25, -0.2) is 4.98 Å². The van der Waals surface area contributed by atoms with Gasteiger partial charge in [-0.2, -0.15) is 0 Å². The number of fused-ring (bicyclic) bond motifs is 1. The fourth-order valence-corrected chi connectivity index (χ4v) is 3.87. The zero-order chi connectivity index (χ0) is 17.8. The third kappa shape index (κ3) is 4.94. The third-order valence-corrected chi connectivity index (χ3v) is 5.27. The molecule has 2 N–H and O–H groups in total. The number of aryl methyl sites for hydroxylation is 2. The van der Waals surface area contributed by atoms with Crippen LogP contribution in [0.1, 0.15) is 30.8 Å². The average molecular weight is 480 g/mol. The van der Waals surface area contributed by atoms with Crippen molar-refractivity contribution in [3.05, 3.63) is 48.0 Å². The van der Waals surface area contributed by atoms with Gasteiger partial charge >= 0.3 is 0 Å². The van der Waals surface area contributed by atoms with Gasteiger partial charge in [0.25, 0.3) is 0 Å². The SMILES string of the molecule is CN=C(NCc1cn2c(n1)CCCC2)NC1CCN(c2ccccc2)C1.I. The van der Waals surface area contributed by atoms with Crippen molar-refractivity contribution in [1.82, 2.24) is 20.2 Å². The maximum absolute atomic E-state index is 4.75. The Morgan fingerprint density at radius 1 is 1.22 bits per heavy atom. The summed E-state index contributed by atoms with van der Waals surface area (Å²) in [6.45, 7) is 3.90. The van der Waals surface area contributed by atoms with E-state index in [9.17, 15) is 0 Å². The van der Waals surface area contributed by atoms with Crippen LogP contribution in [0.25, 0.3) is 0 Å². The van der Waals surface area contributed by atoms with Gasteiger partial charge in [0, 0.05) is 51.0 Å². The molecule has 0 spiro atoms. The summed E-state index contributed by atoms with van der Waals surface area (Å²) in [6.07, 6.45) is 6.92. The number of nitrogens with zero attached hydrogens (tertiary/aromatic N) is 4. The molecule has 6 nitrogen and oxygen atoms in total. The molecule has 1 fully saturated rings. The van der Waals surface area contributed by atoms with Crippen LogP contribution >= 0.6 is 24.0 Å². The number of hydrogen-bond donors (Lipinski definition) is 2. The third-order valence-electron chi connectivity index (χ3n) is 5.27. The molecule has 0 aliphatic carbocycles. The maximum Gasteiger partial charge on any atom is 0.191 e. The highest BCUT2D eigenvalue weighted by molar-refractivity contribution is 14.0. The number of guanidine groups is 1. The normalized spacial score (nSPS) is 19.4. The van der Waals surface area contributed by atoms with Crippen LogP contribution < -0.4 is 15.5 Å². The molecule has 2 aliphatic rings. The highest BCUT2D eigenvalue weighted by Crippen LogP contribution is 2.19. The van der Waals surface area contributed by atoms with E-state index in [0.29, 0.717) is 6.04 Å². The summed E-state index contributed by atoms with van der Waals surface area (Å²) >= 11 is 0. The Hall–Kier alpha value is -1.77. The van der Waals surface area contributed by atoms with Crippen molar-refractivity contribution in [1.29, 1.82) is 0 Å². The minimum absolute atomic E-state index is 0. The van der Waals surface area contributed by atoms with Gasteiger partial charge in [0.2, 0.25) is 0 Å². The van der Waals surface area contributed by atoms with Gasteiger partial charge < -0.3 is 20.1 Å². The molecule has 1 aromatic heterocycles. The Kier molecular flexibility index (Phi) is 6.98. The van der Waals surface area contributed by atoms with Gasteiger partial charge in [-0.15, -0.1) is 24.0 Å². The summed E-state index contributed by atoms with van der Waals surface area (Å²) in [7, 11) is 1.83. The van der Waals surface area contributed by atoms with Gasteiger partial charge in [0.15, 0.2) is 5.96 Å². The smallest absolute Gasteiger partial charge is 0.191 e. The molecule has 1 unspecified atom stereocenters. The number of halogens is 1. The van der Waals surface area contributed by atoms with E-state index < -0.39 is 0 Å². The Balaban J connectivity index is 0.00000210. The lowest BCUT2D eigenvalue weighted by atomic mass is 10.2. The van der Waals surface area contributed by atoms with Crippen LogP contribution in [0.2, 0.25) is 0 Å². The molecule has 0 radical (unpaired) electrons. The van der Waals surface area contributed by atoms with Crippen molar-refractivity contribution >= 4 is 35.6 Å². The molecule has 2 aliphatic heterocycles. The van der Waals surface area contributed by atoms with E-state index in [-0.39, 0.29) is 24.0 Å². The average Bonchev–Trinajstić information content (AvgIpc) is 3.32.